The van der Waals surface area contributed by atoms with Gasteiger partial charge in [0, 0.05) is 12.1 Å². The van der Waals surface area contributed by atoms with Crippen LogP contribution in [0.1, 0.15) is 6.42 Å². The zero-order valence-electron chi connectivity index (χ0n) is 8.69. The first-order valence-electron chi connectivity index (χ1n) is 5.05. The lowest BCUT2D eigenvalue weighted by atomic mass is 10.1. The number of halogens is 1. The van der Waals surface area contributed by atoms with Crippen LogP contribution in [-0.4, -0.2) is 6.17 Å². The normalized spacial score (nSPS) is 19.1. The highest BCUT2D eigenvalue weighted by Gasteiger charge is 2.08. The number of hydrogen-bond acceptors (Lipinski definition) is 3. The number of hydrazine groups is 1. The fourth-order valence-corrected chi connectivity index (χ4v) is 1.44. The molecule has 1 unspecified atom stereocenters. The summed E-state index contributed by atoms with van der Waals surface area (Å²) >= 11 is 0. The molecule has 0 aliphatic heterocycles. The van der Waals surface area contributed by atoms with Gasteiger partial charge in [-0.2, -0.15) is 0 Å². The summed E-state index contributed by atoms with van der Waals surface area (Å²) in [5, 5.41) is 0. The molecule has 1 aromatic carbocycles. The summed E-state index contributed by atoms with van der Waals surface area (Å²) in [7, 11) is 0. The summed E-state index contributed by atoms with van der Waals surface area (Å²) < 4.78 is 18.5. The molecule has 0 saturated heterocycles. The van der Waals surface area contributed by atoms with Crippen LogP contribution < -0.4 is 16.0 Å². The Balaban J connectivity index is 2.06. The molecule has 0 amide bonds. The van der Waals surface area contributed by atoms with Gasteiger partial charge in [0.1, 0.15) is 17.7 Å². The van der Waals surface area contributed by atoms with E-state index in [0.29, 0.717) is 17.9 Å². The number of nitrogens with one attached hydrogen (secondary N) is 1. The van der Waals surface area contributed by atoms with Gasteiger partial charge in [-0.05, 0) is 36.4 Å². The van der Waals surface area contributed by atoms with E-state index in [4.69, 9.17) is 10.6 Å². The third-order valence-electron chi connectivity index (χ3n) is 2.25. The molecule has 3 nitrogen and oxygen atoms in total. The van der Waals surface area contributed by atoms with Gasteiger partial charge in [-0.3, -0.25) is 5.84 Å². The molecule has 1 aliphatic rings. The molecule has 1 aromatic rings. The Bertz CT molecular complexity index is 412. The van der Waals surface area contributed by atoms with Gasteiger partial charge in [-0.1, -0.05) is 6.08 Å². The van der Waals surface area contributed by atoms with Gasteiger partial charge in [0.2, 0.25) is 0 Å². The highest BCUT2D eigenvalue weighted by molar-refractivity contribution is 5.45. The molecular formula is C12H13FN2O. The Hall–Kier alpha value is -1.81. The van der Waals surface area contributed by atoms with Crippen molar-refractivity contribution in [3.63, 3.8) is 0 Å². The molecule has 0 saturated carbocycles. The van der Waals surface area contributed by atoms with Crippen LogP contribution in [0.4, 0.5) is 10.1 Å². The predicted molar refractivity (Wildman–Crippen MR) is 61.6 cm³/mol. The smallest absolute Gasteiger partial charge is 0.127 e. The lowest BCUT2D eigenvalue weighted by molar-refractivity contribution is 0.372. The summed E-state index contributed by atoms with van der Waals surface area (Å²) in [5.74, 6) is 6.43. The third-order valence-corrected chi connectivity index (χ3v) is 2.25. The molecule has 0 bridgehead atoms. The predicted octanol–water partition coefficient (Wildman–Crippen LogP) is 2.53. The second-order valence-corrected chi connectivity index (χ2v) is 3.49. The number of nitrogen functional groups attached to an aromatic ring is 1. The number of hydrogen-bond donors (Lipinski definition) is 2. The number of allylic oxidation sites excluding steroid dienone is 3. The Morgan fingerprint density at radius 3 is 2.69 bits per heavy atom. The Labute approximate surface area is 93.4 Å². The van der Waals surface area contributed by atoms with Crippen LogP contribution in [0.3, 0.4) is 0 Å². The van der Waals surface area contributed by atoms with Gasteiger partial charge in [0.05, 0.1) is 0 Å². The maximum Gasteiger partial charge on any atom is 0.127 e. The molecular weight excluding hydrogens is 207 g/mol. The molecule has 16 heavy (non-hydrogen) atoms. The number of nitrogens with two attached hydrogens (primary N) is 1. The van der Waals surface area contributed by atoms with Crippen LogP contribution in [0.5, 0.6) is 5.75 Å². The molecule has 0 heterocycles. The van der Waals surface area contributed by atoms with Gasteiger partial charge < -0.3 is 10.2 Å². The molecule has 0 radical (unpaired) electrons. The number of benzene rings is 1. The molecule has 0 fully saturated rings. The maximum atomic E-state index is 13.0. The zero-order chi connectivity index (χ0) is 11.4. The fraction of sp³-hybridized carbons (Fsp3) is 0.167. The van der Waals surface area contributed by atoms with Crippen molar-refractivity contribution in [3.05, 3.63) is 48.3 Å². The average molecular weight is 220 g/mol. The van der Waals surface area contributed by atoms with E-state index in [1.54, 1.807) is 36.4 Å². The van der Waals surface area contributed by atoms with Gasteiger partial charge >= 0.3 is 0 Å². The highest BCUT2D eigenvalue weighted by Crippen LogP contribution is 2.20. The number of anilines is 1. The second-order valence-electron chi connectivity index (χ2n) is 3.49. The van der Waals surface area contributed by atoms with Crippen molar-refractivity contribution in [3.8, 4) is 5.75 Å². The SMILES string of the molecule is NNc1ccc(OC2=CC(F)CC=C2)cc1. The minimum atomic E-state index is -0.954. The minimum absolute atomic E-state index is 0.420. The van der Waals surface area contributed by atoms with Crippen molar-refractivity contribution in [2.45, 2.75) is 12.6 Å². The van der Waals surface area contributed by atoms with Crippen molar-refractivity contribution >= 4 is 5.69 Å². The van der Waals surface area contributed by atoms with Crippen molar-refractivity contribution in [1.82, 2.24) is 0 Å². The first kappa shape index (κ1) is 10.7. The first-order valence-corrected chi connectivity index (χ1v) is 5.05. The van der Waals surface area contributed by atoms with Crippen LogP contribution >= 0.6 is 0 Å². The summed E-state index contributed by atoms with van der Waals surface area (Å²) in [5.41, 5.74) is 3.32. The van der Waals surface area contributed by atoms with E-state index in [1.165, 1.54) is 6.08 Å². The molecule has 3 N–H and O–H groups in total. The highest BCUT2D eigenvalue weighted by atomic mass is 19.1. The molecule has 1 atom stereocenters. The monoisotopic (exact) mass is 220 g/mol. The Kier molecular flexibility index (Phi) is 3.22. The number of rotatable bonds is 3. The van der Waals surface area contributed by atoms with Gasteiger partial charge in [-0.25, -0.2) is 4.39 Å². The van der Waals surface area contributed by atoms with Gasteiger partial charge in [0.15, 0.2) is 0 Å². The molecule has 0 spiro atoms. The van der Waals surface area contributed by atoms with E-state index in [1.807, 2.05) is 0 Å². The summed E-state index contributed by atoms with van der Waals surface area (Å²) in [6.45, 7) is 0. The average Bonchev–Trinajstić information content (AvgIpc) is 2.30. The first-order chi connectivity index (χ1) is 7.78. The third kappa shape index (κ3) is 2.61. The van der Waals surface area contributed by atoms with E-state index in [0.717, 1.165) is 5.69 Å². The minimum Gasteiger partial charge on any atom is -0.458 e. The van der Waals surface area contributed by atoms with Gasteiger partial charge in [-0.15, -0.1) is 0 Å². The summed E-state index contributed by atoms with van der Waals surface area (Å²) in [4.78, 5) is 0. The van der Waals surface area contributed by atoms with Crippen LogP contribution in [0.25, 0.3) is 0 Å². The van der Waals surface area contributed by atoms with E-state index in [2.05, 4.69) is 5.43 Å². The lowest BCUT2D eigenvalue weighted by Gasteiger charge is -2.11. The van der Waals surface area contributed by atoms with Crippen molar-refractivity contribution < 1.29 is 9.13 Å². The quantitative estimate of drug-likeness (QED) is 0.608. The standard InChI is InChI=1S/C12H13FN2O/c13-9-2-1-3-12(8-9)16-11-6-4-10(15-14)5-7-11/h1,3-9,15H,2,14H2. The van der Waals surface area contributed by atoms with Crippen molar-refractivity contribution in [2.75, 3.05) is 5.43 Å². The lowest BCUT2D eigenvalue weighted by Crippen LogP contribution is -2.06. The van der Waals surface area contributed by atoms with E-state index in [-0.39, 0.29) is 0 Å². The van der Waals surface area contributed by atoms with Crippen LogP contribution in [0, 0.1) is 0 Å². The topological polar surface area (TPSA) is 47.3 Å². The van der Waals surface area contributed by atoms with E-state index >= 15 is 0 Å². The van der Waals surface area contributed by atoms with Gasteiger partial charge in [0.25, 0.3) is 0 Å². The molecule has 4 heteroatoms. The largest absolute Gasteiger partial charge is 0.458 e. The number of ether oxygens (including phenoxy) is 1. The van der Waals surface area contributed by atoms with E-state index in [9.17, 15) is 4.39 Å². The molecule has 2 rings (SSSR count). The molecule has 0 aromatic heterocycles. The van der Waals surface area contributed by atoms with Crippen molar-refractivity contribution in [2.24, 2.45) is 5.84 Å². The zero-order valence-corrected chi connectivity index (χ0v) is 8.69. The van der Waals surface area contributed by atoms with Crippen LogP contribution in [-0.2, 0) is 0 Å². The summed E-state index contributed by atoms with van der Waals surface area (Å²) in [6.07, 6.45) is 4.46. The van der Waals surface area contributed by atoms with Crippen LogP contribution in [0.15, 0.2) is 48.3 Å². The van der Waals surface area contributed by atoms with Crippen molar-refractivity contribution in [1.29, 1.82) is 0 Å². The Morgan fingerprint density at radius 1 is 1.31 bits per heavy atom. The maximum absolute atomic E-state index is 13.0. The molecule has 1 aliphatic carbocycles. The fourth-order valence-electron chi connectivity index (χ4n) is 1.44. The Morgan fingerprint density at radius 2 is 2.06 bits per heavy atom. The van der Waals surface area contributed by atoms with E-state index < -0.39 is 6.17 Å². The summed E-state index contributed by atoms with van der Waals surface area (Å²) in [6, 6.07) is 7.11. The second kappa shape index (κ2) is 4.81. The number of alkyl halides is 1. The molecule has 84 valence electrons. The van der Waals surface area contributed by atoms with Crippen LogP contribution in [0.2, 0.25) is 0 Å².